The van der Waals surface area contributed by atoms with Crippen LogP contribution < -0.4 is 15.4 Å². The van der Waals surface area contributed by atoms with Crippen LogP contribution in [0.1, 0.15) is 24.0 Å². The van der Waals surface area contributed by atoms with Crippen LogP contribution in [0, 0.1) is 0 Å². The molecule has 4 rings (SSSR count). The zero-order valence-electron chi connectivity index (χ0n) is 19.3. The SMILES string of the molecule is COc1ccccc1-c1ccc(C[C@H](NC(=S)C2(c3ccccc3)CCCNC2)C(=O)O)cc1. The molecule has 1 fully saturated rings. The highest BCUT2D eigenvalue weighted by molar-refractivity contribution is 7.80. The molecule has 0 spiro atoms. The minimum absolute atomic E-state index is 0.333. The van der Waals surface area contributed by atoms with Gasteiger partial charge in [0.25, 0.3) is 0 Å². The summed E-state index contributed by atoms with van der Waals surface area (Å²) < 4.78 is 5.47. The quantitative estimate of drug-likeness (QED) is 0.415. The van der Waals surface area contributed by atoms with Crippen molar-refractivity contribution < 1.29 is 14.6 Å². The van der Waals surface area contributed by atoms with Gasteiger partial charge in [0.05, 0.1) is 17.5 Å². The van der Waals surface area contributed by atoms with Crippen LogP contribution in [0.2, 0.25) is 0 Å². The van der Waals surface area contributed by atoms with Gasteiger partial charge in [-0.3, -0.25) is 0 Å². The van der Waals surface area contributed by atoms with Crippen molar-refractivity contribution in [3.8, 4) is 16.9 Å². The lowest BCUT2D eigenvalue weighted by molar-refractivity contribution is -0.139. The number of aliphatic carboxylic acids is 1. The van der Waals surface area contributed by atoms with Crippen LogP contribution >= 0.6 is 12.2 Å². The zero-order chi connectivity index (χ0) is 24.0. The van der Waals surface area contributed by atoms with E-state index in [-0.39, 0.29) is 0 Å². The van der Waals surface area contributed by atoms with Crippen molar-refractivity contribution in [2.75, 3.05) is 20.2 Å². The largest absolute Gasteiger partial charge is 0.496 e. The van der Waals surface area contributed by atoms with Crippen LogP contribution in [0.4, 0.5) is 0 Å². The highest BCUT2D eigenvalue weighted by Gasteiger charge is 2.39. The fraction of sp³-hybridized carbons (Fsp3) is 0.286. The number of rotatable bonds is 8. The van der Waals surface area contributed by atoms with E-state index in [1.807, 2.05) is 66.7 Å². The molecule has 1 aliphatic rings. The predicted octanol–water partition coefficient (Wildman–Crippen LogP) is 4.60. The van der Waals surface area contributed by atoms with Gasteiger partial charge < -0.3 is 20.5 Å². The molecule has 3 aromatic rings. The lowest BCUT2D eigenvalue weighted by atomic mass is 9.74. The molecule has 2 atom stereocenters. The molecule has 34 heavy (non-hydrogen) atoms. The molecule has 6 heteroatoms. The minimum atomic E-state index is -0.914. The number of ether oxygens (including phenoxy) is 1. The van der Waals surface area contributed by atoms with Gasteiger partial charge in [0, 0.05) is 18.5 Å². The second-order valence-corrected chi connectivity index (χ2v) is 9.10. The Bertz CT molecular complexity index is 1130. The maximum atomic E-state index is 12.2. The molecule has 0 radical (unpaired) electrons. The number of hydrogen-bond donors (Lipinski definition) is 3. The maximum absolute atomic E-state index is 12.2. The van der Waals surface area contributed by atoms with Crippen LogP contribution in [0.5, 0.6) is 5.75 Å². The third kappa shape index (κ3) is 5.13. The number of carboxylic acids is 1. The van der Waals surface area contributed by atoms with E-state index in [1.54, 1.807) is 7.11 Å². The number of methoxy groups -OCH3 is 1. The molecule has 1 aliphatic heterocycles. The normalized spacial score (nSPS) is 18.6. The van der Waals surface area contributed by atoms with Crippen molar-refractivity contribution in [2.24, 2.45) is 0 Å². The summed E-state index contributed by atoms with van der Waals surface area (Å²) in [5.74, 6) is -0.110. The fourth-order valence-corrected chi connectivity index (χ4v) is 5.10. The number of carbonyl (C=O) groups is 1. The Morgan fingerprint density at radius 1 is 1.09 bits per heavy atom. The number of nitrogens with one attached hydrogen (secondary N) is 2. The van der Waals surface area contributed by atoms with Crippen molar-refractivity contribution in [2.45, 2.75) is 30.7 Å². The summed E-state index contributed by atoms with van der Waals surface area (Å²) in [4.78, 5) is 12.8. The first kappa shape index (κ1) is 23.9. The van der Waals surface area contributed by atoms with Crippen LogP contribution in [-0.4, -0.2) is 42.3 Å². The third-order valence-corrected chi connectivity index (χ3v) is 7.07. The molecule has 176 valence electrons. The Balaban J connectivity index is 1.52. The summed E-state index contributed by atoms with van der Waals surface area (Å²) in [6.45, 7) is 1.64. The van der Waals surface area contributed by atoms with Crippen LogP contribution in [0.25, 0.3) is 11.1 Å². The molecular weight excluding hydrogens is 444 g/mol. The standard InChI is InChI=1S/C28H30N2O3S/c1-33-25-11-6-5-10-23(25)21-14-12-20(13-15-21)18-24(26(31)32)30-27(34)28(16-7-17-29-19-28)22-8-3-2-4-9-22/h2-6,8-15,24,29H,7,16-19H2,1H3,(H,30,34)(H,31,32)/t24-,28?/m0/s1. The van der Waals surface area contributed by atoms with Gasteiger partial charge in [-0.05, 0) is 42.1 Å². The van der Waals surface area contributed by atoms with E-state index in [0.29, 0.717) is 18.0 Å². The maximum Gasteiger partial charge on any atom is 0.326 e. The van der Waals surface area contributed by atoms with Crippen LogP contribution in [0.3, 0.4) is 0 Å². The molecule has 1 heterocycles. The average molecular weight is 475 g/mol. The average Bonchev–Trinajstić information content (AvgIpc) is 2.89. The highest BCUT2D eigenvalue weighted by atomic mass is 32.1. The van der Waals surface area contributed by atoms with Gasteiger partial charge in [-0.25, -0.2) is 4.79 Å². The first-order valence-corrected chi connectivity index (χ1v) is 12.0. The van der Waals surface area contributed by atoms with Crippen molar-refractivity contribution in [1.82, 2.24) is 10.6 Å². The Morgan fingerprint density at radius 2 is 1.79 bits per heavy atom. The minimum Gasteiger partial charge on any atom is -0.496 e. The van der Waals surface area contributed by atoms with E-state index in [1.165, 1.54) is 0 Å². The van der Waals surface area contributed by atoms with Gasteiger partial charge in [0.1, 0.15) is 11.8 Å². The Hall–Kier alpha value is -3.22. The van der Waals surface area contributed by atoms with E-state index < -0.39 is 17.4 Å². The van der Waals surface area contributed by atoms with E-state index in [0.717, 1.165) is 47.4 Å². The van der Waals surface area contributed by atoms with E-state index in [9.17, 15) is 9.90 Å². The lowest BCUT2D eigenvalue weighted by Crippen LogP contribution is -2.56. The van der Waals surface area contributed by atoms with Crippen molar-refractivity contribution >= 4 is 23.2 Å². The number of thiocarbonyl (C=S) groups is 1. The van der Waals surface area contributed by atoms with Gasteiger partial charge in [-0.15, -0.1) is 0 Å². The summed E-state index contributed by atoms with van der Waals surface area (Å²) in [5.41, 5.74) is 3.66. The molecule has 0 bridgehead atoms. The number of piperidine rings is 1. The number of hydrogen-bond acceptors (Lipinski definition) is 4. The van der Waals surface area contributed by atoms with Crippen molar-refractivity contribution in [3.63, 3.8) is 0 Å². The number of para-hydroxylation sites is 1. The van der Waals surface area contributed by atoms with Gasteiger partial charge in [-0.2, -0.15) is 0 Å². The first-order chi connectivity index (χ1) is 16.5. The summed E-state index contributed by atoms with van der Waals surface area (Å²) >= 11 is 5.86. The monoisotopic (exact) mass is 474 g/mol. The Morgan fingerprint density at radius 3 is 2.44 bits per heavy atom. The Labute approximate surface area is 206 Å². The molecule has 0 amide bonds. The molecular formula is C28H30N2O3S. The molecule has 1 unspecified atom stereocenters. The Kier molecular flexibility index (Phi) is 7.60. The van der Waals surface area contributed by atoms with Crippen LogP contribution in [-0.2, 0) is 16.6 Å². The highest BCUT2D eigenvalue weighted by Crippen LogP contribution is 2.33. The van der Waals surface area contributed by atoms with Gasteiger partial charge >= 0.3 is 5.97 Å². The van der Waals surface area contributed by atoms with E-state index in [4.69, 9.17) is 17.0 Å². The summed E-state index contributed by atoms with van der Waals surface area (Å²) in [5, 5.41) is 16.6. The van der Waals surface area contributed by atoms with E-state index >= 15 is 0 Å². The second kappa shape index (κ2) is 10.8. The summed E-state index contributed by atoms with van der Waals surface area (Å²) in [7, 11) is 1.66. The zero-order valence-corrected chi connectivity index (χ0v) is 20.1. The number of carboxylic acid groups (broad SMARTS) is 1. The van der Waals surface area contributed by atoms with Crippen molar-refractivity contribution in [1.29, 1.82) is 0 Å². The number of benzene rings is 3. The van der Waals surface area contributed by atoms with Crippen LogP contribution in [0.15, 0.2) is 78.9 Å². The van der Waals surface area contributed by atoms with Gasteiger partial charge in [0.15, 0.2) is 0 Å². The lowest BCUT2D eigenvalue weighted by Gasteiger charge is -2.40. The molecule has 0 aromatic heterocycles. The fourth-order valence-electron chi connectivity index (χ4n) is 4.67. The second-order valence-electron chi connectivity index (χ2n) is 8.69. The molecule has 3 N–H and O–H groups in total. The van der Waals surface area contributed by atoms with E-state index in [2.05, 4.69) is 22.8 Å². The molecule has 0 aliphatic carbocycles. The third-order valence-electron chi connectivity index (χ3n) is 6.56. The van der Waals surface area contributed by atoms with Gasteiger partial charge in [0.2, 0.25) is 0 Å². The summed E-state index contributed by atoms with van der Waals surface area (Å²) in [6, 6.07) is 25.1. The molecule has 0 saturated carbocycles. The molecule has 1 saturated heterocycles. The molecule has 3 aromatic carbocycles. The topological polar surface area (TPSA) is 70.6 Å². The van der Waals surface area contributed by atoms with Gasteiger partial charge in [-0.1, -0.05) is 85.0 Å². The summed E-state index contributed by atoms with van der Waals surface area (Å²) in [6.07, 6.45) is 2.20. The smallest absolute Gasteiger partial charge is 0.326 e. The van der Waals surface area contributed by atoms with Crippen molar-refractivity contribution in [3.05, 3.63) is 90.0 Å². The predicted molar refractivity (Wildman–Crippen MR) is 140 cm³/mol. The first-order valence-electron chi connectivity index (χ1n) is 11.6. The molecule has 5 nitrogen and oxygen atoms in total.